The third-order valence-corrected chi connectivity index (χ3v) is 6.16. The van der Waals surface area contributed by atoms with E-state index in [1.165, 1.54) is 24.3 Å². The normalized spacial score (nSPS) is 14.6. The average Bonchev–Trinajstić information content (AvgIpc) is 3.19. The molecule has 5 rings (SSSR count). The van der Waals surface area contributed by atoms with Crippen molar-refractivity contribution in [3.63, 3.8) is 0 Å². The molecule has 0 atom stereocenters. The maximum atomic E-state index is 13.4. The molecule has 4 aromatic rings. The number of fused-ring (bicyclic) bond motifs is 1. The summed E-state index contributed by atoms with van der Waals surface area (Å²) in [6.45, 7) is 3.27. The Morgan fingerprint density at radius 1 is 0.759 bits per heavy atom. The summed E-state index contributed by atoms with van der Waals surface area (Å²) in [5, 5.41) is 3.07. The highest BCUT2D eigenvalue weighted by Crippen LogP contribution is 2.38. The summed E-state index contributed by atoms with van der Waals surface area (Å²) < 4.78 is 26.5. The quantitative estimate of drug-likeness (QED) is 0.479. The van der Waals surface area contributed by atoms with Gasteiger partial charge in [-0.05, 0) is 42.0 Å². The average molecular weight is 408 g/mol. The minimum Gasteiger partial charge on any atom is -0.368 e. The highest BCUT2D eigenvalue weighted by Gasteiger charge is 2.22. The van der Waals surface area contributed by atoms with Gasteiger partial charge in [-0.2, -0.15) is 0 Å². The highest BCUT2D eigenvalue weighted by molar-refractivity contribution is 7.17. The molecule has 0 bridgehead atoms. The van der Waals surface area contributed by atoms with Gasteiger partial charge in [0.1, 0.15) is 28.6 Å². The molecule has 0 spiro atoms. The zero-order chi connectivity index (χ0) is 19.8. The second kappa shape index (κ2) is 7.40. The molecule has 0 aliphatic carbocycles. The van der Waals surface area contributed by atoms with Gasteiger partial charge in [-0.25, -0.2) is 18.7 Å². The summed E-state index contributed by atoms with van der Waals surface area (Å²) in [6, 6.07) is 13.2. The molecule has 0 saturated carbocycles. The fourth-order valence-electron chi connectivity index (χ4n) is 3.77. The third-order valence-electron chi connectivity index (χ3n) is 5.28. The van der Waals surface area contributed by atoms with E-state index in [1.807, 2.05) is 12.1 Å². The fraction of sp³-hybridized carbons (Fsp3) is 0.182. The van der Waals surface area contributed by atoms with Crippen LogP contribution >= 0.6 is 11.3 Å². The molecule has 0 N–H and O–H groups in total. The Labute approximate surface area is 171 Å². The first kappa shape index (κ1) is 18.0. The third kappa shape index (κ3) is 3.42. The molecule has 3 heterocycles. The molecule has 1 aliphatic rings. The van der Waals surface area contributed by atoms with E-state index in [9.17, 15) is 8.78 Å². The first-order valence-electron chi connectivity index (χ1n) is 9.42. The van der Waals surface area contributed by atoms with Crippen molar-refractivity contribution in [1.29, 1.82) is 0 Å². The van der Waals surface area contributed by atoms with Crippen LogP contribution in [0, 0.1) is 11.6 Å². The van der Waals surface area contributed by atoms with Crippen LogP contribution in [0.25, 0.3) is 21.3 Å². The molecular weight excluding hydrogens is 390 g/mol. The van der Waals surface area contributed by atoms with Gasteiger partial charge in [0, 0.05) is 42.8 Å². The maximum Gasteiger partial charge on any atom is 0.141 e. The fourth-order valence-corrected chi connectivity index (χ4v) is 4.68. The smallest absolute Gasteiger partial charge is 0.141 e. The van der Waals surface area contributed by atoms with E-state index in [4.69, 9.17) is 0 Å². The minimum atomic E-state index is -0.248. The number of anilines is 2. The Kier molecular flexibility index (Phi) is 4.60. The van der Waals surface area contributed by atoms with Crippen molar-refractivity contribution in [3.05, 3.63) is 71.9 Å². The van der Waals surface area contributed by atoms with Gasteiger partial charge in [0.25, 0.3) is 0 Å². The molecule has 146 valence electrons. The number of hydrogen-bond acceptors (Lipinski definition) is 5. The van der Waals surface area contributed by atoms with Crippen LogP contribution in [0.2, 0.25) is 0 Å². The predicted molar refractivity (Wildman–Crippen MR) is 114 cm³/mol. The number of hydrogen-bond donors (Lipinski definition) is 0. The lowest BCUT2D eigenvalue weighted by molar-refractivity contribution is 0.624. The van der Waals surface area contributed by atoms with Crippen LogP contribution in [0.1, 0.15) is 0 Å². The molecule has 1 fully saturated rings. The lowest BCUT2D eigenvalue weighted by Crippen LogP contribution is -2.46. The standard InChI is InChI=1S/C22H18F2N4S/c23-16-3-1-15(2-4-16)19-13-29-22-20(19)21(25-14-26-22)28-11-9-27(10-12-28)18-7-5-17(24)6-8-18/h1-8,13-14H,9-12H2. The Bertz CT molecular complexity index is 1130. The van der Waals surface area contributed by atoms with E-state index >= 15 is 0 Å². The first-order valence-corrected chi connectivity index (χ1v) is 10.3. The van der Waals surface area contributed by atoms with Crippen molar-refractivity contribution in [2.75, 3.05) is 36.0 Å². The molecule has 0 amide bonds. The van der Waals surface area contributed by atoms with E-state index in [1.54, 1.807) is 29.8 Å². The number of rotatable bonds is 3. The van der Waals surface area contributed by atoms with Crippen molar-refractivity contribution >= 4 is 33.1 Å². The van der Waals surface area contributed by atoms with Gasteiger partial charge in [-0.3, -0.25) is 0 Å². The van der Waals surface area contributed by atoms with Gasteiger partial charge >= 0.3 is 0 Å². The second-order valence-corrected chi connectivity index (χ2v) is 7.84. The number of thiophene rings is 1. The van der Waals surface area contributed by atoms with Crippen LogP contribution < -0.4 is 9.80 Å². The van der Waals surface area contributed by atoms with Crippen molar-refractivity contribution in [2.45, 2.75) is 0 Å². The van der Waals surface area contributed by atoms with Crippen LogP contribution in [-0.4, -0.2) is 36.1 Å². The van der Waals surface area contributed by atoms with E-state index in [0.29, 0.717) is 0 Å². The molecule has 0 unspecified atom stereocenters. The molecule has 2 aromatic heterocycles. The number of halogens is 2. The molecule has 2 aromatic carbocycles. The van der Waals surface area contributed by atoms with Gasteiger partial charge < -0.3 is 9.80 Å². The van der Waals surface area contributed by atoms with E-state index in [-0.39, 0.29) is 11.6 Å². The number of nitrogens with zero attached hydrogens (tertiary/aromatic N) is 4. The Hall–Kier alpha value is -3.06. The van der Waals surface area contributed by atoms with Crippen LogP contribution in [0.5, 0.6) is 0 Å². The van der Waals surface area contributed by atoms with Crippen molar-refractivity contribution in [3.8, 4) is 11.1 Å². The summed E-state index contributed by atoms with van der Waals surface area (Å²) in [6.07, 6.45) is 1.61. The molecule has 0 radical (unpaired) electrons. The number of piperazine rings is 1. The highest BCUT2D eigenvalue weighted by atomic mass is 32.1. The SMILES string of the molecule is Fc1ccc(-c2csc3ncnc(N4CCN(c5ccc(F)cc5)CC4)c23)cc1. The molecular formula is C22H18F2N4S. The Morgan fingerprint density at radius 2 is 1.38 bits per heavy atom. The van der Waals surface area contributed by atoms with E-state index in [0.717, 1.165) is 59.0 Å². The van der Waals surface area contributed by atoms with Crippen LogP contribution in [0.4, 0.5) is 20.3 Å². The number of aromatic nitrogens is 2. The predicted octanol–water partition coefficient (Wildman–Crippen LogP) is 4.96. The summed E-state index contributed by atoms with van der Waals surface area (Å²) >= 11 is 1.57. The lowest BCUT2D eigenvalue weighted by Gasteiger charge is -2.37. The van der Waals surface area contributed by atoms with E-state index in [2.05, 4.69) is 25.1 Å². The molecule has 7 heteroatoms. The number of benzene rings is 2. The summed E-state index contributed by atoms with van der Waals surface area (Å²) in [7, 11) is 0. The van der Waals surface area contributed by atoms with Gasteiger partial charge in [0.15, 0.2) is 0 Å². The van der Waals surface area contributed by atoms with Crippen LogP contribution in [-0.2, 0) is 0 Å². The van der Waals surface area contributed by atoms with Crippen molar-refractivity contribution < 1.29 is 8.78 Å². The van der Waals surface area contributed by atoms with Gasteiger partial charge in [-0.15, -0.1) is 11.3 Å². The molecule has 1 aliphatic heterocycles. The minimum absolute atomic E-state index is 0.221. The van der Waals surface area contributed by atoms with Crippen molar-refractivity contribution in [1.82, 2.24) is 9.97 Å². The zero-order valence-electron chi connectivity index (χ0n) is 15.6. The maximum absolute atomic E-state index is 13.4. The first-order chi connectivity index (χ1) is 14.2. The van der Waals surface area contributed by atoms with Gasteiger partial charge in [0.2, 0.25) is 0 Å². The summed E-state index contributed by atoms with van der Waals surface area (Å²) in [4.78, 5) is 14.5. The van der Waals surface area contributed by atoms with Gasteiger partial charge in [0.05, 0.1) is 5.39 Å². The topological polar surface area (TPSA) is 32.3 Å². The molecule has 4 nitrogen and oxygen atoms in total. The largest absolute Gasteiger partial charge is 0.368 e. The Morgan fingerprint density at radius 3 is 2.07 bits per heavy atom. The molecule has 29 heavy (non-hydrogen) atoms. The monoisotopic (exact) mass is 408 g/mol. The summed E-state index contributed by atoms with van der Waals surface area (Å²) in [5.41, 5.74) is 3.02. The summed E-state index contributed by atoms with van der Waals surface area (Å²) in [5.74, 6) is 0.442. The van der Waals surface area contributed by atoms with E-state index < -0.39 is 0 Å². The molecule has 1 saturated heterocycles. The second-order valence-electron chi connectivity index (χ2n) is 6.98. The van der Waals surface area contributed by atoms with Crippen molar-refractivity contribution in [2.24, 2.45) is 0 Å². The lowest BCUT2D eigenvalue weighted by atomic mass is 10.1. The van der Waals surface area contributed by atoms with Crippen LogP contribution in [0.3, 0.4) is 0 Å². The zero-order valence-corrected chi connectivity index (χ0v) is 16.4. The van der Waals surface area contributed by atoms with Crippen LogP contribution in [0.15, 0.2) is 60.2 Å². The van der Waals surface area contributed by atoms with Gasteiger partial charge in [-0.1, -0.05) is 12.1 Å². The Balaban J connectivity index is 1.44.